The summed E-state index contributed by atoms with van der Waals surface area (Å²) in [6.07, 6.45) is 0.279. The Bertz CT molecular complexity index is 388. The third kappa shape index (κ3) is 3.10. The van der Waals surface area contributed by atoms with Crippen LogP contribution < -0.4 is 0 Å². The molecule has 0 spiro atoms. The molecule has 0 amide bonds. The highest BCUT2D eigenvalue weighted by atomic mass is 35.6. The van der Waals surface area contributed by atoms with Crippen molar-refractivity contribution in [2.75, 3.05) is 6.61 Å². The molecule has 2 rings (SSSR count). The molecule has 1 atom stereocenters. The van der Waals surface area contributed by atoms with Crippen molar-refractivity contribution in [1.82, 2.24) is 0 Å². The van der Waals surface area contributed by atoms with Crippen molar-refractivity contribution < 1.29 is 4.74 Å². The summed E-state index contributed by atoms with van der Waals surface area (Å²) in [5.41, 5.74) is 0.288. The molecule has 1 heterocycles. The van der Waals surface area contributed by atoms with E-state index in [4.69, 9.17) is 62.7 Å². The molecular weight excluding hydrogens is 313 g/mol. The first-order chi connectivity index (χ1) is 7.31. The Morgan fingerprint density at radius 3 is 2.00 bits per heavy atom. The summed E-state index contributed by atoms with van der Waals surface area (Å²) < 4.78 is 4.04. The minimum Gasteiger partial charge on any atom is -0.364 e. The summed E-state index contributed by atoms with van der Waals surface area (Å²) in [4.78, 5) is 0. The van der Waals surface area contributed by atoms with Gasteiger partial charge in [0.15, 0.2) is 3.79 Å². The maximum atomic E-state index is 5.92. The molecule has 1 aromatic carbocycles. The highest BCUT2D eigenvalue weighted by Gasteiger charge is 2.51. The van der Waals surface area contributed by atoms with E-state index in [9.17, 15) is 0 Å². The quantitative estimate of drug-likeness (QED) is 0.553. The van der Waals surface area contributed by atoms with E-state index < -0.39 is 9.39 Å². The lowest BCUT2D eigenvalue weighted by atomic mass is 9.97. The maximum Gasteiger partial charge on any atom is 0.193 e. The summed E-state index contributed by atoms with van der Waals surface area (Å²) in [6, 6.07) is 5.20. The number of ether oxygens (including phenoxy) is 1. The van der Waals surface area contributed by atoms with Gasteiger partial charge in [-0.3, -0.25) is 0 Å². The van der Waals surface area contributed by atoms with E-state index in [1.807, 2.05) is 0 Å². The van der Waals surface area contributed by atoms with Crippen LogP contribution in [0.5, 0.6) is 0 Å². The van der Waals surface area contributed by atoms with E-state index in [-0.39, 0.29) is 6.42 Å². The van der Waals surface area contributed by atoms with Crippen LogP contribution in [0.2, 0.25) is 10.0 Å². The zero-order chi connectivity index (χ0) is 12.0. The van der Waals surface area contributed by atoms with Crippen LogP contribution in [0.4, 0.5) is 0 Å². The second kappa shape index (κ2) is 4.38. The first-order valence-electron chi connectivity index (χ1n) is 4.48. The van der Waals surface area contributed by atoms with Crippen LogP contribution >= 0.6 is 58.0 Å². The molecule has 0 radical (unpaired) electrons. The number of hydrogen-bond donors (Lipinski definition) is 0. The molecule has 0 unspecified atom stereocenters. The lowest BCUT2D eigenvalue weighted by molar-refractivity contribution is 0.295. The first-order valence-corrected chi connectivity index (χ1v) is 6.37. The number of epoxide rings is 1. The molecule has 16 heavy (non-hydrogen) atoms. The molecule has 0 aromatic heterocycles. The van der Waals surface area contributed by atoms with Crippen molar-refractivity contribution in [3.8, 4) is 0 Å². The van der Waals surface area contributed by atoms with Crippen LogP contribution in [-0.2, 0) is 10.3 Å². The van der Waals surface area contributed by atoms with Crippen LogP contribution in [0.15, 0.2) is 18.2 Å². The average Bonchev–Trinajstić information content (AvgIpc) is 2.80. The fourth-order valence-corrected chi connectivity index (χ4v) is 2.77. The van der Waals surface area contributed by atoms with Gasteiger partial charge in [0.1, 0.15) is 5.60 Å². The van der Waals surface area contributed by atoms with Crippen molar-refractivity contribution in [1.29, 1.82) is 0 Å². The Balaban J connectivity index is 2.30. The van der Waals surface area contributed by atoms with Crippen LogP contribution in [0.25, 0.3) is 0 Å². The first kappa shape index (κ1) is 13.1. The van der Waals surface area contributed by atoms with Crippen LogP contribution in [0.1, 0.15) is 12.0 Å². The van der Waals surface area contributed by atoms with Gasteiger partial charge in [0.2, 0.25) is 0 Å². The molecule has 1 aliphatic heterocycles. The summed E-state index contributed by atoms with van der Waals surface area (Å²) in [5, 5.41) is 1.09. The van der Waals surface area contributed by atoms with E-state index in [0.717, 1.165) is 5.56 Å². The van der Waals surface area contributed by atoms with Gasteiger partial charge >= 0.3 is 0 Å². The molecule has 1 saturated heterocycles. The van der Waals surface area contributed by atoms with Gasteiger partial charge in [0, 0.05) is 16.5 Å². The summed E-state index contributed by atoms with van der Waals surface area (Å²) in [6.45, 7) is 0.511. The van der Waals surface area contributed by atoms with Gasteiger partial charge in [-0.2, -0.15) is 0 Å². The zero-order valence-electron chi connectivity index (χ0n) is 7.94. The smallest absolute Gasteiger partial charge is 0.193 e. The monoisotopic (exact) mass is 318 g/mol. The van der Waals surface area contributed by atoms with E-state index >= 15 is 0 Å². The number of alkyl halides is 3. The average molecular weight is 320 g/mol. The lowest BCUT2D eigenvalue weighted by Gasteiger charge is -2.18. The zero-order valence-corrected chi connectivity index (χ0v) is 11.7. The molecule has 0 N–H and O–H groups in total. The van der Waals surface area contributed by atoms with Gasteiger partial charge < -0.3 is 4.74 Å². The second-order valence-electron chi connectivity index (χ2n) is 3.73. The molecule has 1 aliphatic rings. The van der Waals surface area contributed by atoms with Gasteiger partial charge in [-0.05, 0) is 23.8 Å². The Morgan fingerprint density at radius 2 is 1.62 bits per heavy atom. The number of rotatable bonds is 2. The Kier molecular flexibility index (Phi) is 3.58. The molecule has 1 aromatic rings. The molecule has 88 valence electrons. The minimum atomic E-state index is -1.36. The summed E-state index contributed by atoms with van der Waals surface area (Å²) in [5.74, 6) is 0. The topological polar surface area (TPSA) is 12.5 Å². The maximum absolute atomic E-state index is 5.92. The van der Waals surface area contributed by atoms with Gasteiger partial charge in [-0.1, -0.05) is 58.0 Å². The Morgan fingerprint density at radius 1 is 1.12 bits per heavy atom. The van der Waals surface area contributed by atoms with Crippen LogP contribution in [0, 0.1) is 0 Å². The lowest BCUT2D eigenvalue weighted by Crippen LogP contribution is -2.18. The van der Waals surface area contributed by atoms with Gasteiger partial charge in [-0.15, -0.1) is 0 Å². The van der Waals surface area contributed by atoms with Crippen molar-refractivity contribution >= 4 is 58.0 Å². The van der Waals surface area contributed by atoms with E-state index in [2.05, 4.69) is 0 Å². The van der Waals surface area contributed by atoms with Crippen molar-refractivity contribution in [3.05, 3.63) is 33.8 Å². The molecular formula is C10H7Cl5O. The number of hydrogen-bond acceptors (Lipinski definition) is 1. The van der Waals surface area contributed by atoms with Crippen molar-refractivity contribution in [2.45, 2.75) is 15.8 Å². The normalized spacial score (nSPS) is 24.6. The molecule has 0 bridgehead atoms. The fourth-order valence-electron chi connectivity index (χ4n) is 1.60. The third-order valence-corrected chi connectivity index (χ3v) is 3.20. The Labute approximate surface area is 119 Å². The highest BCUT2D eigenvalue weighted by molar-refractivity contribution is 6.67. The standard InChI is InChI=1S/C10H7Cl5O/c11-7-1-6(2-8(12)3-7)9(5-16-9)4-10(13,14)15/h1-3H,4-5H2/t9-/m1/s1. The number of halogens is 5. The van der Waals surface area contributed by atoms with E-state index in [1.165, 1.54) is 0 Å². The summed E-state index contributed by atoms with van der Waals surface area (Å²) >= 11 is 29.1. The molecule has 0 saturated carbocycles. The van der Waals surface area contributed by atoms with Gasteiger partial charge in [0.05, 0.1) is 6.61 Å². The minimum absolute atomic E-state index is 0.279. The van der Waals surface area contributed by atoms with Gasteiger partial charge in [0.25, 0.3) is 0 Å². The molecule has 1 nitrogen and oxygen atoms in total. The second-order valence-corrected chi connectivity index (χ2v) is 7.12. The third-order valence-electron chi connectivity index (χ3n) is 2.37. The van der Waals surface area contributed by atoms with E-state index in [0.29, 0.717) is 16.7 Å². The summed E-state index contributed by atoms with van der Waals surface area (Å²) in [7, 11) is 0. The molecule has 0 aliphatic carbocycles. The highest BCUT2D eigenvalue weighted by Crippen LogP contribution is 2.50. The Hall–Kier alpha value is 0.630. The van der Waals surface area contributed by atoms with Crippen LogP contribution in [-0.4, -0.2) is 10.4 Å². The van der Waals surface area contributed by atoms with Crippen LogP contribution in [0.3, 0.4) is 0 Å². The largest absolute Gasteiger partial charge is 0.364 e. The van der Waals surface area contributed by atoms with Crippen molar-refractivity contribution in [3.63, 3.8) is 0 Å². The van der Waals surface area contributed by atoms with Gasteiger partial charge in [-0.25, -0.2) is 0 Å². The van der Waals surface area contributed by atoms with E-state index in [1.54, 1.807) is 18.2 Å². The number of benzene rings is 1. The fraction of sp³-hybridized carbons (Fsp3) is 0.400. The SMILES string of the molecule is Clc1cc(Cl)cc([C@@]2(CC(Cl)(Cl)Cl)CO2)c1. The molecule has 6 heteroatoms. The molecule has 1 fully saturated rings. The predicted molar refractivity (Wildman–Crippen MR) is 69.0 cm³/mol. The predicted octanol–water partition coefficient (Wildman–Crippen LogP) is 4.98. The van der Waals surface area contributed by atoms with Crippen molar-refractivity contribution in [2.24, 2.45) is 0 Å².